The summed E-state index contributed by atoms with van der Waals surface area (Å²) in [4.78, 5) is 31.2. The lowest BCUT2D eigenvalue weighted by Crippen LogP contribution is -2.14. The summed E-state index contributed by atoms with van der Waals surface area (Å²) in [6.45, 7) is 3.99. The number of benzene rings is 1. The number of carbonyl (C=O) groups excluding carboxylic acids is 2. The minimum atomic E-state index is -0.591. The Morgan fingerprint density at radius 1 is 1.27 bits per heavy atom. The van der Waals surface area contributed by atoms with Crippen molar-refractivity contribution < 1.29 is 14.3 Å². The quantitative estimate of drug-likeness (QED) is 0.656. The highest BCUT2D eigenvalue weighted by Gasteiger charge is 2.16. The molecule has 0 saturated carbocycles. The van der Waals surface area contributed by atoms with E-state index in [4.69, 9.17) is 11.6 Å². The standard InChI is InChI=1S/C18H23ClN4O3/c1-4-6-7-15(24)21-13-10-11(20-18(25)26-3)8-9-12(13)16-17(19)23-14(5-2)22-16/h8-10H,4-7H2,1-3H3,(H,20,25)(H,21,24)(H,22,23). The average molecular weight is 379 g/mol. The number of anilines is 2. The van der Waals surface area contributed by atoms with E-state index in [-0.39, 0.29) is 5.91 Å². The molecule has 0 radical (unpaired) electrons. The highest BCUT2D eigenvalue weighted by atomic mass is 35.5. The summed E-state index contributed by atoms with van der Waals surface area (Å²) in [5.41, 5.74) is 2.25. The topological polar surface area (TPSA) is 96.1 Å². The van der Waals surface area contributed by atoms with Gasteiger partial charge >= 0.3 is 6.09 Å². The Morgan fingerprint density at radius 3 is 2.65 bits per heavy atom. The van der Waals surface area contributed by atoms with Gasteiger partial charge < -0.3 is 15.0 Å². The van der Waals surface area contributed by atoms with Crippen LogP contribution in [0.15, 0.2) is 18.2 Å². The molecule has 2 rings (SSSR count). The van der Waals surface area contributed by atoms with Crippen LogP contribution < -0.4 is 10.6 Å². The van der Waals surface area contributed by atoms with Gasteiger partial charge in [0.15, 0.2) is 0 Å². The number of aryl methyl sites for hydroxylation is 1. The molecule has 1 aromatic carbocycles. The highest BCUT2D eigenvalue weighted by molar-refractivity contribution is 6.32. The molecule has 1 heterocycles. The second-order valence-corrected chi connectivity index (χ2v) is 6.11. The van der Waals surface area contributed by atoms with Crippen molar-refractivity contribution in [3.63, 3.8) is 0 Å². The fourth-order valence-corrected chi connectivity index (χ4v) is 2.65. The first-order valence-corrected chi connectivity index (χ1v) is 8.89. The first-order chi connectivity index (χ1) is 12.5. The van der Waals surface area contributed by atoms with Crippen LogP contribution in [0.5, 0.6) is 0 Å². The summed E-state index contributed by atoms with van der Waals surface area (Å²) in [6.07, 6.45) is 2.26. The van der Waals surface area contributed by atoms with Crippen LogP contribution in [0, 0.1) is 0 Å². The molecular weight excluding hydrogens is 356 g/mol. The molecule has 0 saturated heterocycles. The maximum atomic E-state index is 12.2. The number of nitrogens with zero attached hydrogens (tertiary/aromatic N) is 1. The fraction of sp³-hybridized carbons (Fsp3) is 0.389. The molecule has 0 fully saturated rings. The molecule has 3 N–H and O–H groups in total. The molecule has 26 heavy (non-hydrogen) atoms. The van der Waals surface area contributed by atoms with Crippen LogP contribution in [0.3, 0.4) is 0 Å². The minimum Gasteiger partial charge on any atom is -0.453 e. The zero-order valence-corrected chi connectivity index (χ0v) is 15.9. The van der Waals surface area contributed by atoms with E-state index >= 15 is 0 Å². The summed E-state index contributed by atoms with van der Waals surface area (Å²) < 4.78 is 4.60. The van der Waals surface area contributed by atoms with Crippen LogP contribution in [-0.2, 0) is 16.0 Å². The van der Waals surface area contributed by atoms with Crippen LogP contribution >= 0.6 is 11.6 Å². The fourth-order valence-electron chi connectivity index (χ4n) is 2.39. The van der Waals surface area contributed by atoms with Gasteiger partial charge in [-0.3, -0.25) is 10.1 Å². The number of aromatic amines is 1. The predicted molar refractivity (Wildman–Crippen MR) is 103 cm³/mol. The van der Waals surface area contributed by atoms with E-state index in [1.807, 2.05) is 13.8 Å². The third kappa shape index (κ3) is 4.98. The Hall–Kier alpha value is -2.54. The van der Waals surface area contributed by atoms with Crippen LogP contribution in [0.2, 0.25) is 5.15 Å². The van der Waals surface area contributed by atoms with Crippen molar-refractivity contribution in [2.75, 3.05) is 17.7 Å². The Labute approximate surface area is 157 Å². The van der Waals surface area contributed by atoms with Crippen molar-refractivity contribution in [2.45, 2.75) is 39.5 Å². The molecule has 140 valence electrons. The Kier molecular flexibility index (Phi) is 7.03. The normalized spacial score (nSPS) is 10.5. The number of hydrogen-bond acceptors (Lipinski definition) is 4. The van der Waals surface area contributed by atoms with Crippen molar-refractivity contribution in [3.05, 3.63) is 29.2 Å². The molecule has 0 aliphatic rings. The maximum absolute atomic E-state index is 12.2. The van der Waals surface area contributed by atoms with Crippen LogP contribution in [0.1, 0.15) is 38.9 Å². The number of hydrogen-bond donors (Lipinski definition) is 3. The Balaban J connectivity index is 2.39. The average Bonchev–Trinajstić information content (AvgIpc) is 3.00. The van der Waals surface area contributed by atoms with Gasteiger partial charge in [-0.2, -0.15) is 0 Å². The van der Waals surface area contributed by atoms with E-state index in [9.17, 15) is 9.59 Å². The predicted octanol–water partition coefficient (Wildman–Crippen LogP) is 4.60. The molecule has 0 spiro atoms. The monoisotopic (exact) mass is 378 g/mol. The molecule has 1 aromatic heterocycles. The van der Waals surface area contributed by atoms with E-state index in [1.165, 1.54) is 7.11 Å². The van der Waals surface area contributed by atoms with Crippen molar-refractivity contribution in [2.24, 2.45) is 0 Å². The molecule has 0 aliphatic carbocycles. The summed E-state index contributed by atoms with van der Waals surface area (Å²) in [7, 11) is 1.28. The van der Waals surface area contributed by atoms with Gasteiger partial charge in [0.25, 0.3) is 0 Å². The minimum absolute atomic E-state index is 0.106. The zero-order valence-electron chi connectivity index (χ0n) is 15.1. The van der Waals surface area contributed by atoms with Gasteiger partial charge in [0.2, 0.25) is 5.91 Å². The zero-order chi connectivity index (χ0) is 19.1. The van der Waals surface area contributed by atoms with Crippen LogP contribution in [0.25, 0.3) is 11.3 Å². The van der Waals surface area contributed by atoms with Crippen LogP contribution in [0.4, 0.5) is 16.2 Å². The number of rotatable bonds is 7. The molecule has 2 aromatic rings. The number of aromatic nitrogens is 2. The van der Waals surface area contributed by atoms with E-state index in [1.54, 1.807) is 18.2 Å². The smallest absolute Gasteiger partial charge is 0.411 e. The third-order valence-corrected chi connectivity index (χ3v) is 4.06. The summed E-state index contributed by atoms with van der Waals surface area (Å²) >= 11 is 6.28. The number of ether oxygens (including phenoxy) is 1. The molecular formula is C18H23ClN4O3. The van der Waals surface area contributed by atoms with Gasteiger partial charge in [0.1, 0.15) is 16.7 Å². The van der Waals surface area contributed by atoms with E-state index in [2.05, 4.69) is 25.3 Å². The second-order valence-electron chi connectivity index (χ2n) is 5.73. The number of H-pyrrole nitrogens is 1. The lowest BCUT2D eigenvalue weighted by atomic mass is 10.1. The molecule has 0 atom stereocenters. The van der Waals surface area contributed by atoms with Gasteiger partial charge in [-0.05, 0) is 24.6 Å². The number of nitrogens with one attached hydrogen (secondary N) is 3. The summed E-state index contributed by atoms with van der Waals surface area (Å²) in [5.74, 6) is 0.649. The summed E-state index contributed by atoms with van der Waals surface area (Å²) in [5, 5.41) is 5.87. The number of amides is 2. The lowest BCUT2D eigenvalue weighted by Gasteiger charge is -2.13. The number of carbonyl (C=O) groups is 2. The van der Waals surface area contributed by atoms with Crippen molar-refractivity contribution in [3.8, 4) is 11.3 Å². The summed E-state index contributed by atoms with van der Waals surface area (Å²) in [6, 6.07) is 5.11. The van der Waals surface area contributed by atoms with Crippen molar-refractivity contribution in [1.82, 2.24) is 9.97 Å². The number of unbranched alkanes of at least 4 members (excludes halogenated alkanes) is 1. The van der Waals surface area contributed by atoms with Crippen molar-refractivity contribution in [1.29, 1.82) is 0 Å². The molecule has 8 heteroatoms. The molecule has 7 nitrogen and oxygen atoms in total. The second kappa shape index (κ2) is 9.24. The molecule has 2 amide bonds. The number of imidazole rings is 1. The van der Waals surface area contributed by atoms with E-state index in [0.29, 0.717) is 40.6 Å². The third-order valence-electron chi connectivity index (χ3n) is 3.78. The molecule has 0 aliphatic heterocycles. The van der Waals surface area contributed by atoms with E-state index < -0.39 is 6.09 Å². The van der Waals surface area contributed by atoms with E-state index in [0.717, 1.165) is 18.7 Å². The van der Waals surface area contributed by atoms with Gasteiger partial charge in [-0.15, -0.1) is 0 Å². The first kappa shape index (κ1) is 19.8. The Morgan fingerprint density at radius 2 is 2.04 bits per heavy atom. The number of methoxy groups -OCH3 is 1. The van der Waals surface area contributed by atoms with Gasteiger partial charge in [0, 0.05) is 24.1 Å². The van der Waals surface area contributed by atoms with Crippen molar-refractivity contribution >= 4 is 35.0 Å². The molecule has 0 unspecified atom stereocenters. The van der Waals surface area contributed by atoms with Crippen LogP contribution in [-0.4, -0.2) is 29.1 Å². The van der Waals surface area contributed by atoms with Gasteiger partial charge in [-0.25, -0.2) is 9.78 Å². The largest absolute Gasteiger partial charge is 0.453 e. The molecule has 0 bridgehead atoms. The SMILES string of the molecule is CCCCC(=O)Nc1cc(NC(=O)OC)ccc1-c1nc(CC)[nH]c1Cl. The maximum Gasteiger partial charge on any atom is 0.411 e. The van der Waals surface area contributed by atoms with Gasteiger partial charge in [0.05, 0.1) is 12.8 Å². The number of halogens is 1. The first-order valence-electron chi connectivity index (χ1n) is 8.52. The Bertz CT molecular complexity index is 789. The lowest BCUT2D eigenvalue weighted by molar-refractivity contribution is -0.116. The highest BCUT2D eigenvalue weighted by Crippen LogP contribution is 2.34. The van der Waals surface area contributed by atoms with Gasteiger partial charge in [-0.1, -0.05) is 31.9 Å².